The van der Waals surface area contributed by atoms with Crippen molar-refractivity contribution in [3.63, 3.8) is 0 Å². The van der Waals surface area contributed by atoms with E-state index in [1.54, 1.807) is 161 Å². The Morgan fingerprint density at radius 1 is 0.453 bits per heavy atom. The third-order valence-electron chi connectivity index (χ3n) is 18.7. The van der Waals surface area contributed by atoms with Crippen molar-refractivity contribution in [1.82, 2.24) is 45.0 Å². The normalized spacial score (nSPS) is 28.6. The summed E-state index contributed by atoms with van der Waals surface area (Å²) >= 11 is 13.6. The molecule has 0 radical (unpaired) electrons. The van der Waals surface area contributed by atoms with Crippen LogP contribution in [0.1, 0.15) is 120 Å². The van der Waals surface area contributed by atoms with Crippen molar-refractivity contribution in [2.24, 2.45) is 23.7 Å². The maximum atomic E-state index is 14.2. The molecule has 0 amide bonds. The first-order chi connectivity index (χ1) is 51.2. The zero-order valence-electron chi connectivity index (χ0n) is 59.8. The second kappa shape index (κ2) is 36.8. The summed E-state index contributed by atoms with van der Waals surface area (Å²) in [7, 11) is 0. The van der Waals surface area contributed by atoms with Gasteiger partial charge in [-0.15, -0.1) is 38.5 Å². The van der Waals surface area contributed by atoms with Crippen molar-refractivity contribution in [2.45, 2.75) is 192 Å². The molecule has 568 valence electrons. The number of carbonyl (C=O) groups is 6. The predicted molar refractivity (Wildman–Crippen MR) is 371 cm³/mol. The minimum atomic E-state index is -1.64. The van der Waals surface area contributed by atoms with Gasteiger partial charge < -0.3 is 71.1 Å². The molecule has 7 heterocycles. The Morgan fingerprint density at radius 3 is 1.23 bits per heavy atom. The maximum Gasteiger partial charge on any atom is 0.338 e. The van der Waals surface area contributed by atoms with Crippen molar-refractivity contribution >= 4 is 59.0 Å². The first-order valence-corrected chi connectivity index (χ1v) is 36.1. The summed E-state index contributed by atoms with van der Waals surface area (Å²) in [5.74, 6) is -8.66. The van der Waals surface area contributed by atoms with Crippen LogP contribution in [0.3, 0.4) is 0 Å². The van der Waals surface area contributed by atoms with E-state index in [1.165, 1.54) is 27.9 Å². The second-order valence-corrected chi connectivity index (χ2v) is 27.1. The first-order valence-electron chi connectivity index (χ1n) is 35.2. The lowest BCUT2D eigenvalue weighted by Crippen LogP contribution is -2.58. The molecule has 11 rings (SSSR count). The molecule has 0 bridgehead atoms. The number of hydrogen-bond acceptors (Lipinski definition) is 27. The molecule has 3 aromatic heterocycles. The molecular formula is C74H87Cl2N9O21. The van der Waals surface area contributed by atoms with E-state index < -0.39 is 151 Å². The average molecular weight is 1510 g/mol. The highest BCUT2D eigenvalue weighted by Crippen LogP contribution is 2.45. The van der Waals surface area contributed by atoms with Crippen LogP contribution >= 0.6 is 23.2 Å². The molecule has 2 unspecified atom stereocenters. The van der Waals surface area contributed by atoms with Gasteiger partial charge >= 0.3 is 35.8 Å². The number of nitrogens with zero attached hydrogens (tertiary/aromatic N) is 9. The quantitative estimate of drug-likeness (QED) is 0.0165. The van der Waals surface area contributed by atoms with Crippen molar-refractivity contribution in [1.29, 1.82) is 0 Å². The van der Waals surface area contributed by atoms with Crippen LogP contribution in [-0.4, -0.2) is 198 Å². The Morgan fingerprint density at radius 2 is 0.830 bits per heavy atom. The molecule has 0 N–H and O–H groups in total. The predicted octanol–water partition coefficient (Wildman–Crippen LogP) is 8.30. The zero-order chi connectivity index (χ0) is 75.0. The molecule has 4 saturated heterocycles. The molecular weight excluding hydrogens is 1420 g/mol. The van der Waals surface area contributed by atoms with E-state index in [4.69, 9.17) is 94.3 Å². The first kappa shape index (κ1) is 78.4. The summed E-state index contributed by atoms with van der Waals surface area (Å²) in [6.45, 7) is 14.1. The molecule has 0 saturated carbocycles. The van der Waals surface area contributed by atoms with E-state index in [1.807, 2.05) is 20.8 Å². The number of carbonyl (C=O) groups excluding carboxylic acids is 6. The lowest BCUT2D eigenvalue weighted by Gasteiger charge is -2.45. The number of aromatic nitrogens is 9. The van der Waals surface area contributed by atoms with Crippen molar-refractivity contribution in [2.75, 3.05) is 25.7 Å². The molecule has 0 aliphatic carbocycles. The maximum absolute atomic E-state index is 14.2. The third kappa shape index (κ3) is 19.5. The van der Waals surface area contributed by atoms with Crippen LogP contribution in [0.25, 0.3) is 0 Å². The van der Waals surface area contributed by atoms with Crippen LogP contribution < -0.4 is 0 Å². The average Bonchev–Trinajstić information content (AvgIpc) is 1.53. The van der Waals surface area contributed by atoms with Gasteiger partial charge in [0.15, 0.2) is 43.0 Å². The van der Waals surface area contributed by atoms with Crippen molar-refractivity contribution < 1.29 is 99.8 Å². The van der Waals surface area contributed by atoms with Crippen LogP contribution in [0.5, 0.6) is 0 Å². The topological polar surface area (TPSA) is 333 Å². The fourth-order valence-corrected chi connectivity index (χ4v) is 13.9. The molecule has 4 aliphatic rings. The summed E-state index contributed by atoms with van der Waals surface area (Å²) in [5.41, 5.74) is 2.02. The molecule has 4 fully saturated rings. The minimum Gasteiger partial charge on any atom is -0.459 e. The summed E-state index contributed by atoms with van der Waals surface area (Å²) in [4.78, 5) is 81.7. The lowest BCUT2D eigenvalue weighted by atomic mass is 9.91. The Kier molecular flexibility index (Phi) is 27.2. The lowest BCUT2D eigenvalue weighted by molar-refractivity contribution is -0.348. The van der Waals surface area contributed by atoms with Gasteiger partial charge in [-0.1, -0.05) is 123 Å². The largest absolute Gasteiger partial charge is 0.459 e. The van der Waals surface area contributed by atoms with Gasteiger partial charge in [0.25, 0.3) is 0 Å². The molecule has 4 aromatic carbocycles. The zero-order valence-corrected chi connectivity index (χ0v) is 61.3. The minimum absolute atomic E-state index is 0.0359. The number of benzene rings is 4. The number of esters is 6. The SMILES string of the molecule is CCOCCOCc1cn(C[C@H]2O[C@H](OCc3cn(C[C@H]4O[C@H](OCc5cn(C[C@H]6OC(CCl)(O[C@H]7O[C@H](CC)[C@H](Cl)[C@H](C)C7OC(C)=O)[C@@H](C)[C@@H]6OC(C)=O)nn5)[C@@H](C)[C@@H](OC(=O)c5ccccc5)[C@@H]4OC(=O)c4ccccc4)nn3)[C@@H](C)[C@@H](OC(=O)c3ccccc3)[C@@H]2OC(=O)c2ccccc2)nn1. The Bertz CT molecular complexity index is 4020. The molecule has 4 aliphatic heterocycles. The number of ether oxygens (including phenoxy) is 15. The standard InChI is InChI=1S/C74H87Cl2N9O21/c1-9-56-60(76)43(3)63(96-47(7)86)73(98-56)106-74(42-75)46(6)64(97-48(8)87)59(105-74)38-85-35-55(79-82-85)41-95-72-45(5)62(102-68(89)50-25-17-12-18-26-50)66(104-70(91)52-29-21-14-22-30-52)58(100-72)37-84-34-54(78-81-84)40-94-71-44(4)61(101-67(88)49-23-15-11-16-24-49)65(103-69(90)51-27-19-13-20-28-51)57(99-71)36-83-33-53(77-80-83)39-93-32-31-92-10-2/h11-30,33-35,43-46,56-66,71-73H,9-10,31-32,36-42H2,1-8H3/t43-,44-,45-,46-,56+,57+,58+,59+,60+,61+,62+,63?,64-,65+,66+,71-,72-,73+,74?/m0/s1. The Labute approximate surface area is 621 Å². The van der Waals surface area contributed by atoms with Crippen LogP contribution in [0.15, 0.2) is 140 Å². The molecule has 19 atom stereocenters. The third-order valence-corrected chi connectivity index (χ3v) is 19.8. The number of alkyl halides is 2. The fourth-order valence-electron chi connectivity index (χ4n) is 13.2. The van der Waals surface area contributed by atoms with Crippen molar-refractivity contribution in [3.8, 4) is 0 Å². The van der Waals surface area contributed by atoms with E-state index in [2.05, 4.69) is 30.9 Å². The van der Waals surface area contributed by atoms with Gasteiger partial charge in [0, 0.05) is 38.2 Å². The highest BCUT2D eigenvalue weighted by atomic mass is 35.5. The molecule has 30 nitrogen and oxygen atoms in total. The molecule has 106 heavy (non-hydrogen) atoms. The smallest absolute Gasteiger partial charge is 0.338 e. The number of rotatable bonds is 32. The monoisotopic (exact) mass is 1510 g/mol. The van der Waals surface area contributed by atoms with Crippen LogP contribution in [-0.2, 0) is 120 Å². The molecule has 0 spiro atoms. The Balaban J connectivity index is 0.837. The Hall–Kier alpha value is -8.66. The van der Waals surface area contributed by atoms with E-state index in [9.17, 15) is 28.8 Å². The van der Waals surface area contributed by atoms with Gasteiger partial charge in [0.1, 0.15) is 53.7 Å². The van der Waals surface area contributed by atoms with Crippen LogP contribution in [0, 0.1) is 23.7 Å². The van der Waals surface area contributed by atoms with E-state index >= 15 is 0 Å². The number of hydrogen-bond donors (Lipinski definition) is 0. The second-order valence-electron chi connectivity index (χ2n) is 26.3. The highest BCUT2D eigenvalue weighted by molar-refractivity contribution is 6.21. The van der Waals surface area contributed by atoms with Gasteiger partial charge in [-0.2, -0.15) is 0 Å². The van der Waals surface area contributed by atoms with Gasteiger partial charge in [-0.3, -0.25) is 9.59 Å². The van der Waals surface area contributed by atoms with E-state index in [-0.39, 0.29) is 73.3 Å². The fraction of sp³-hybridized carbons (Fsp3) is 0.514. The highest BCUT2D eigenvalue weighted by Gasteiger charge is 2.59. The molecule has 32 heteroatoms. The summed E-state index contributed by atoms with van der Waals surface area (Å²) < 4.78 is 98.8. The summed E-state index contributed by atoms with van der Waals surface area (Å²) in [5, 5.41) is 25.8. The van der Waals surface area contributed by atoms with Gasteiger partial charge in [0.2, 0.25) is 0 Å². The number of halogens is 2. The van der Waals surface area contributed by atoms with E-state index in [0.29, 0.717) is 37.6 Å². The van der Waals surface area contributed by atoms with Gasteiger partial charge in [-0.05, 0) is 61.9 Å². The summed E-state index contributed by atoms with van der Waals surface area (Å²) in [6, 6.07) is 33.4. The molecule has 7 aromatic rings. The van der Waals surface area contributed by atoms with Crippen LogP contribution in [0.2, 0.25) is 0 Å². The summed E-state index contributed by atoms with van der Waals surface area (Å²) in [6.07, 6.45) is -8.58. The van der Waals surface area contributed by atoms with E-state index in [0.717, 1.165) is 0 Å². The van der Waals surface area contributed by atoms with Gasteiger partial charge in [-0.25, -0.2) is 33.2 Å². The van der Waals surface area contributed by atoms with Crippen molar-refractivity contribution in [3.05, 3.63) is 179 Å². The van der Waals surface area contributed by atoms with Crippen LogP contribution in [0.4, 0.5) is 0 Å². The van der Waals surface area contributed by atoms with Gasteiger partial charge in [0.05, 0.1) is 117 Å².